The zero-order valence-electron chi connectivity index (χ0n) is 10.9. The first kappa shape index (κ1) is 13.4. The number of ether oxygens (including phenoxy) is 2. The molecule has 17 heavy (non-hydrogen) atoms. The molecule has 0 N–H and O–H groups in total. The summed E-state index contributed by atoms with van der Waals surface area (Å²) in [6.45, 7) is 7.89. The predicted octanol–water partition coefficient (Wildman–Crippen LogP) is 3.33. The molecule has 3 heteroatoms. The Bertz CT molecular complexity index is 405. The lowest BCUT2D eigenvalue weighted by Crippen LogP contribution is -2.11. The van der Waals surface area contributed by atoms with Gasteiger partial charge in [-0.15, -0.1) is 0 Å². The van der Waals surface area contributed by atoms with Crippen LogP contribution in [0.2, 0.25) is 0 Å². The van der Waals surface area contributed by atoms with Gasteiger partial charge in [-0.1, -0.05) is 6.07 Å². The number of benzene rings is 1. The minimum absolute atomic E-state index is 0.0850. The monoisotopic (exact) mass is 233 g/mol. The highest BCUT2D eigenvalue weighted by Crippen LogP contribution is 2.30. The Hall–Kier alpha value is -1.69. The van der Waals surface area contributed by atoms with Crippen molar-refractivity contribution in [3.8, 4) is 17.6 Å². The minimum Gasteiger partial charge on any atom is -0.487 e. The van der Waals surface area contributed by atoms with Crippen LogP contribution in [0.5, 0.6) is 11.5 Å². The molecule has 0 amide bonds. The molecule has 92 valence electrons. The van der Waals surface area contributed by atoms with Gasteiger partial charge < -0.3 is 9.47 Å². The summed E-state index contributed by atoms with van der Waals surface area (Å²) in [5, 5.41) is 8.69. The van der Waals surface area contributed by atoms with Crippen molar-refractivity contribution >= 4 is 0 Å². The van der Waals surface area contributed by atoms with Gasteiger partial charge in [0.2, 0.25) is 0 Å². The number of hydrogen-bond acceptors (Lipinski definition) is 3. The van der Waals surface area contributed by atoms with E-state index >= 15 is 0 Å². The molecule has 0 saturated carbocycles. The maximum Gasteiger partial charge on any atom is 0.161 e. The fourth-order valence-corrected chi connectivity index (χ4v) is 1.45. The predicted molar refractivity (Wildman–Crippen MR) is 67.3 cm³/mol. The van der Waals surface area contributed by atoms with Crippen LogP contribution in [0.25, 0.3) is 0 Å². The van der Waals surface area contributed by atoms with Crippen LogP contribution in [0.15, 0.2) is 18.2 Å². The molecule has 0 aliphatic carbocycles. The van der Waals surface area contributed by atoms with E-state index in [4.69, 9.17) is 14.7 Å². The van der Waals surface area contributed by atoms with E-state index in [9.17, 15) is 0 Å². The lowest BCUT2D eigenvalue weighted by atomic mass is 10.1. The van der Waals surface area contributed by atoms with E-state index < -0.39 is 0 Å². The maximum absolute atomic E-state index is 8.69. The molecule has 0 saturated heterocycles. The number of nitrogens with zero attached hydrogens (tertiary/aromatic N) is 1. The molecule has 0 aliphatic heterocycles. The Labute approximate surface area is 103 Å². The van der Waals surface area contributed by atoms with Crippen LogP contribution >= 0.6 is 0 Å². The maximum atomic E-state index is 8.69. The summed E-state index contributed by atoms with van der Waals surface area (Å²) >= 11 is 0. The molecule has 0 aliphatic rings. The summed E-state index contributed by atoms with van der Waals surface area (Å²) in [5.41, 5.74) is 0.944. The summed E-state index contributed by atoms with van der Waals surface area (Å²) in [7, 11) is 0. The molecule has 0 atom stereocenters. The average molecular weight is 233 g/mol. The summed E-state index contributed by atoms with van der Waals surface area (Å²) in [6.07, 6.45) is 0.573. The van der Waals surface area contributed by atoms with Crippen LogP contribution in [0.3, 0.4) is 0 Å². The van der Waals surface area contributed by atoms with E-state index in [2.05, 4.69) is 6.07 Å². The number of nitriles is 1. The molecule has 0 fully saturated rings. The zero-order valence-corrected chi connectivity index (χ0v) is 10.9. The molecule has 1 rings (SSSR count). The number of rotatable bonds is 5. The Balaban J connectivity index is 2.99. The van der Waals surface area contributed by atoms with Crippen molar-refractivity contribution in [2.45, 2.75) is 46.3 Å². The summed E-state index contributed by atoms with van der Waals surface area (Å²) in [6, 6.07) is 7.77. The topological polar surface area (TPSA) is 42.2 Å². The molecule has 3 nitrogen and oxygen atoms in total. The van der Waals surface area contributed by atoms with E-state index in [1.165, 1.54) is 0 Å². The second-order valence-corrected chi connectivity index (χ2v) is 4.45. The molecule has 0 spiro atoms. The smallest absolute Gasteiger partial charge is 0.161 e. The van der Waals surface area contributed by atoms with Crippen molar-refractivity contribution in [2.75, 3.05) is 0 Å². The van der Waals surface area contributed by atoms with E-state index in [0.29, 0.717) is 12.2 Å². The van der Waals surface area contributed by atoms with E-state index in [1.807, 2.05) is 45.9 Å². The van der Waals surface area contributed by atoms with Gasteiger partial charge in [0.1, 0.15) is 0 Å². The lowest BCUT2D eigenvalue weighted by Gasteiger charge is -2.17. The Morgan fingerprint density at radius 1 is 1.06 bits per heavy atom. The summed E-state index contributed by atoms with van der Waals surface area (Å²) in [4.78, 5) is 0. The summed E-state index contributed by atoms with van der Waals surface area (Å²) < 4.78 is 11.4. The van der Waals surface area contributed by atoms with Crippen molar-refractivity contribution in [1.82, 2.24) is 0 Å². The van der Waals surface area contributed by atoms with Crippen LogP contribution in [0.4, 0.5) is 0 Å². The fraction of sp³-hybridized carbons (Fsp3) is 0.500. The third-order valence-corrected chi connectivity index (χ3v) is 2.02. The second kappa shape index (κ2) is 6.15. The second-order valence-electron chi connectivity index (χ2n) is 4.45. The van der Waals surface area contributed by atoms with Crippen molar-refractivity contribution in [2.24, 2.45) is 0 Å². The van der Waals surface area contributed by atoms with Gasteiger partial charge in [-0.3, -0.25) is 0 Å². The molecule has 1 aromatic carbocycles. The Morgan fingerprint density at radius 2 is 1.65 bits per heavy atom. The molecular weight excluding hydrogens is 214 g/mol. The molecule has 0 radical (unpaired) electrons. The van der Waals surface area contributed by atoms with Crippen LogP contribution in [-0.2, 0) is 6.42 Å². The van der Waals surface area contributed by atoms with Crippen molar-refractivity contribution < 1.29 is 9.47 Å². The Kier molecular flexibility index (Phi) is 4.84. The highest BCUT2D eigenvalue weighted by Gasteiger charge is 2.09. The van der Waals surface area contributed by atoms with Gasteiger partial charge in [0.25, 0.3) is 0 Å². The highest BCUT2D eigenvalue weighted by molar-refractivity contribution is 5.43. The van der Waals surface area contributed by atoms with Crippen LogP contribution < -0.4 is 9.47 Å². The normalized spacial score (nSPS) is 10.4. The van der Waals surface area contributed by atoms with Gasteiger partial charge in [0, 0.05) is 0 Å². The largest absolute Gasteiger partial charge is 0.487 e. The SMILES string of the molecule is CC(C)Oc1ccc(CC#N)cc1OC(C)C. The van der Waals surface area contributed by atoms with Crippen molar-refractivity contribution in [3.05, 3.63) is 23.8 Å². The average Bonchev–Trinajstić information content (AvgIpc) is 2.21. The fourth-order valence-electron chi connectivity index (χ4n) is 1.45. The number of hydrogen-bond donors (Lipinski definition) is 0. The molecule has 0 unspecified atom stereocenters. The standard InChI is InChI=1S/C14H19NO2/c1-10(2)16-13-6-5-12(7-8-15)9-14(13)17-11(3)4/h5-6,9-11H,7H2,1-4H3. The first-order valence-corrected chi connectivity index (χ1v) is 5.86. The van der Waals surface area contributed by atoms with E-state index in [0.717, 1.165) is 11.3 Å². The van der Waals surface area contributed by atoms with Crippen LogP contribution in [0.1, 0.15) is 33.3 Å². The third-order valence-electron chi connectivity index (χ3n) is 2.02. The first-order chi connectivity index (χ1) is 8.02. The van der Waals surface area contributed by atoms with Gasteiger partial charge in [-0.25, -0.2) is 0 Å². The molecule has 1 aromatic rings. The van der Waals surface area contributed by atoms with Gasteiger partial charge in [0.15, 0.2) is 11.5 Å². The third kappa shape index (κ3) is 4.36. The summed E-state index contributed by atoms with van der Waals surface area (Å²) in [5.74, 6) is 1.44. The first-order valence-electron chi connectivity index (χ1n) is 5.86. The molecule has 0 heterocycles. The molecule has 0 aromatic heterocycles. The van der Waals surface area contributed by atoms with E-state index in [1.54, 1.807) is 0 Å². The van der Waals surface area contributed by atoms with Gasteiger partial charge >= 0.3 is 0 Å². The molecule has 0 bridgehead atoms. The van der Waals surface area contributed by atoms with Crippen molar-refractivity contribution in [1.29, 1.82) is 5.26 Å². The zero-order chi connectivity index (χ0) is 12.8. The van der Waals surface area contributed by atoms with Crippen molar-refractivity contribution in [3.63, 3.8) is 0 Å². The quantitative estimate of drug-likeness (QED) is 0.783. The van der Waals surface area contributed by atoms with Gasteiger partial charge in [0.05, 0.1) is 24.7 Å². The Morgan fingerprint density at radius 3 is 2.18 bits per heavy atom. The van der Waals surface area contributed by atoms with Gasteiger partial charge in [-0.2, -0.15) is 5.26 Å². The van der Waals surface area contributed by atoms with Crippen LogP contribution in [-0.4, -0.2) is 12.2 Å². The van der Waals surface area contributed by atoms with Gasteiger partial charge in [-0.05, 0) is 45.4 Å². The van der Waals surface area contributed by atoms with Crippen LogP contribution in [0, 0.1) is 11.3 Å². The lowest BCUT2D eigenvalue weighted by molar-refractivity contribution is 0.198. The highest BCUT2D eigenvalue weighted by atomic mass is 16.5. The van der Waals surface area contributed by atoms with E-state index in [-0.39, 0.29) is 12.2 Å². The molecular formula is C14H19NO2. The minimum atomic E-state index is 0.0850.